The molecule has 0 aliphatic carbocycles. The molecule has 7 nitrogen and oxygen atoms in total. The van der Waals surface area contributed by atoms with E-state index in [1.807, 2.05) is 0 Å². The molecule has 0 saturated carbocycles. The number of halogens is 1. The van der Waals surface area contributed by atoms with Crippen molar-refractivity contribution < 1.29 is 16.8 Å². The maximum Gasteiger partial charge on any atom is 0.240 e. The summed E-state index contributed by atoms with van der Waals surface area (Å²) in [7, 11) is -7.19. The minimum Gasteiger partial charge on any atom is -0.328 e. The second kappa shape index (κ2) is 9.43. The van der Waals surface area contributed by atoms with Crippen molar-refractivity contribution in [1.82, 2.24) is 9.44 Å². The number of benzene rings is 1. The summed E-state index contributed by atoms with van der Waals surface area (Å²) in [6.07, 6.45) is 0.523. The predicted molar refractivity (Wildman–Crippen MR) is 88.9 cm³/mol. The lowest BCUT2D eigenvalue weighted by Gasteiger charge is -2.09. The van der Waals surface area contributed by atoms with E-state index in [0.717, 1.165) is 0 Å². The van der Waals surface area contributed by atoms with Crippen LogP contribution in [0.2, 0.25) is 0 Å². The minimum atomic E-state index is -3.68. The molecule has 1 unspecified atom stereocenters. The highest BCUT2D eigenvalue weighted by molar-refractivity contribution is 7.90. The first-order valence-electron chi connectivity index (χ1n) is 6.50. The zero-order valence-electron chi connectivity index (χ0n) is 12.2. The number of hydrogen-bond donors (Lipinski definition) is 3. The summed E-state index contributed by atoms with van der Waals surface area (Å²) in [5.74, 6) is -0.321. The molecule has 0 heterocycles. The number of rotatable bonds is 9. The van der Waals surface area contributed by atoms with Crippen molar-refractivity contribution in [2.45, 2.75) is 24.3 Å². The number of nitrogens with one attached hydrogen (secondary N) is 2. The number of hydrogen-bond acceptors (Lipinski definition) is 5. The fourth-order valence-electron chi connectivity index (χ4n) is 1.51. The predicted octanol–water partition coefficient (Wildman–Crippen LogP) is 0.0434. The van der Waals surface area contributed by atoms with Gasteiger partial charge in [-0.3, -0.25) is 0 Å². The van der Waals surface area contributed by atoms with Crippen molar-refractivity contribution in [3.63, 3.8) is 0 Å². The Morgan fingerprint density at radius 3 is 2.18 bits per heavy atom. The molecule has 10 heteroatoms. The molecule has 1 rings (SSSR count). The Morgan fingerprint density at radius 2 is 1.64 bits per heavy atom. The summed E-state index contributed by atoms with van der Waals surface area (Å²) in [5.41, 5.74) is 5.52. The molecule has 0 saturated heterocycles. The average molecular weight is 372 g/mol. The molecule has 0 spiro atoms. The van der Waals surface area contributed by atoms with Gasteiger partial charge in [0.2, 0.25) is 20.0 Å². The van der Waals surface area contributed by atoms with Crippen LogP contribution in [0.15, 0.2) is 35.2 Å². The molecule has 1 aromatic carbocycles. The van der Waals surface area contributed by atoms with E-state index in [-0.39, 0.29) is 42.2 Å². The highest BCUT2D eigenvalue weighted by atomic mass is 35.5. The van der Waals surface area contributed by atoms with Gasteiger partial charge in [-0.25, -0.2) is 26.3 Å². The first-order chi connectivity index (χ1) is 9.73. The Hall–Kier alpha value is -0.710. The van der Waals surface area contributed by atoms with Crippen LogP contribution in [0.25, 0.3) is 0 Å². The number of sulfonamides is 2. The Kier molecular flexibility index (Phi) is 9.13. The zero-order valence-corrected chi connectivity index (χ0v) is 14.7. The van der Waals surface area contributed by atoms with Gasteiger partial charge >= 0.3 is 0 Å². The Labute approximate surface area is 138 Å². The van der Waals surface area contributed by atoms with Crippen LogP contribution < -0.4 is 15.2 Å². The van der Waals surface area contributed by atoms with Crippen LogP contribution in [-0.2, 0) is 20.0 Å². The smallest absolute Gasteiger partial charge is 0.240 e. The fraction of sp³-hybridized carbons (Fsp3) is 0.500. The Balaban J connectivity index is 0.00000441. The summed E-state index contributed by atoms with van der Waals surface area (Å²) in [6, 6.07) is 7.69. The molecule has 0 aliphatic heterocycles. The Bertz CT molecular complexity index is 634. The lowest BCUT2D eigenvalue weighted by atomic mass is 10.3. The van der Waals surface area contributed by atoms with Crippen molar-refractivity contribution in [2.75, 3.05) is 18.8 Å². The van der Waals surface area contributed by atoms with Gasteiger partial charge < -0.3 is 5.73 Å². The van der Waals surface area contributed by atoms with Gasteiger partial charge in [-0.05, 0) is 25.5 Å². The maximum atomic E-state index is 11.9. The summed E-state index contributed by atoms with van der Waals surface area (Å²) in [5, 5.41) is 0. The van der Waals surface area contributed by atoms with E-state index in [1.165, 1.54) is 12.1 Å². The molecular weight excluding hydrogens is 350 g/mol. The minimum absolute atomic E-state index is 0. The third-order valence-corrected chi connectivity index (χ3v) is 5.50. The van der Waals surface area contributed by atoms with Crippen LogP contribution in [-0.4, -0.2) is 41.7 Å². The highest BCUT2D eigenvalue weighted by Gasteiger charge is 2.15. The molecule has 4 N–H and O–H groups in total. The molecule has 0 aromatic heterocycles. The number of nitrogens with two attached hydrogens (primary N) is 1. The van der Waals surface area contributed by atoms with E-state index in [9.17, 15) is 16.8 Å². The molecule has 128 valence electrons. The third-order valence-electron chi connectivity index (χ3n) is 2.64. The first-order valence-corrected chi connectivity index (χ1v) is 9.64. The zero-order chi connectivity index (χ0) is 15.9. The second-order valence-corrected chi connectivity index (χ2v) is 8.38. The van der Waals surface area contributed by atoms with Crippen molar-refractivity contribution in [3.05, 3.63) is 30.3 Å². The highest BCUT2D eigenvalue weighted by Crippen LogP contribution is 2.06. The summed E-state index contributed by atoms with van der Waals surface area (Å²) in [6.45, 7) is 1.83. The van der Waals surface area contributed by atoms with Gasteiger partial charge in [-0.1, -0.05) is 18.2 Å². The normalized spacial score (nSPS) is 13.4. The lowest BCUT2D eigenvalue weighted by molar-refractivity contribution is 0.568. The molecule has 22 heavy (non-hydrogen) atoms. The van der Waals surface area contributed by atoms with Gasteiger partial charge in [0.15, 0.2) is 0 Å². The maximum absolute atomic E-state index is 11.9. The SMILES string of the molecule is CC(N)CCNS(=O)(=O)CCNS(=O)(=O)c1ccccc1.Cl. The van der Waals surface area contributed by atoms with Crippen molar-refractivity contribution in [2.24, 2.45) is 5.73 Å². The molecular formula is C12H22ClN3O4S2. The van der Waals surface area contributed by atoms with E-state index in [2.05, 4.69) is 9.44 Å². The largest absolute Gasteiger partial charge is 0.328 e. The van der Waals surface area contributed by atoms with E-state index >= 15 is 0 Å². The molecule has 1 aromatic rings. The van der Waals surface area contributed by atoms with Crippen LogP contribution in [0, 0.1) is 0 Å². The van der Waals surface area contributed by atoms with Gasteiger partial charge in [0.1, 0.15) is 0 Å². The van der Waals surface area contributed by atoms with Crippen LogP contribution in [0.3, 0.4) is 0 Å². The molecule has 0 fully saturated rings. The van der Waals surface area contributed by atoms with Gasteiger partial charge in [-0.15, -0.1) is 12.4 Å². The third kappa shape index (κ3) is 8.06. The van der Waals surface area contributed by atoms with Gasteiger partial charge in [0.25, 0.3) is 0 Å². The molecule has 0 aliphatic rings. The summed E-state index contributed by atoms with van der Waals surface area (Å²) >= 11 is 0. The molecule has 1 atom stereocenters. The first kappa shape index (κ1) is 21.3. The summed E-state index contributed by atoms with van der Waals surface area (Å²) in [4.78, 5) is 0.104. The van der Waals surface area contributed by atoms with E-state index < -0.39 is 20.0 Å². The monoisotopic (exact) mass is 371 g/mol. The Morgan fingerprint density at radius 1 is 1.05 bits per heavy atom. The van der Waals surface area contributed by atoms with E-state index in [1.54, 1.807) is 25.1 Å². The van der Waals surface area contributed by atoms with Gasteiger partial charge in [0, 0.05) is 19.1 Å². The standard InChI is InChI=1S/C12H21N3O4S2.ClH/c1-11(13)7-8-14-20(16,17)10-9-15-21(18,19)12-5-3-2-4-6-12;/h2-6,11,14-15H,7-10,13H2,1H3;1H. The van der Waals surface area contributed by atoms with Crippen molar-refractivity contribution in [3.8, 4) is 0 Å². The van der Waals surface area contributed by atoms with Gasteiger partial charge in [0.05, 0.1) is 10.6 Å². The molecule has 0 amide bonds. The van der Waals surface area contributed by atoms with E-state index in [0.29, 0.717) is 6.42 Å². The molecule has 0 radical (unpaired) electrons. The van der Waals surface area contributed by atoms with Crippen LogP contribution in [0.1, 0.15) is 13.3 Å². The second-order valence-electron chi connectivity index (χ2n) is 4.69. The van der Waals surface area contributed by atoms with Crippen LogP contribution in [0.4, 0.5) is 0 Å². The fourth-order valence-corrected chi connectivity index (χ4v) is 3.63. The van der Waals surface area contributed by atoms with Crippen LogP contribution >= 0.6 is 12.4 Å². The van der Waals surface area contributed by atoms with Gasteiger partial charge in [-0.2, -0.15) is 0 Å². The lowest BCUT2D eigenvalue weighted by Crippen LogP contribution is -2.36. The van der Waals surface area contributed by atoms with E-state index in [4.69, 9.17) is 5.73 Å². The average Bonchev–Trinajstić information content (AvgIpc) is 2.38. The summed E-state index contributed by atoms with van der Waals surface area (Å²) < 4.78 is 51.7. The van der Waals surface area contributed by atoms with Crippen LogP contribution in [0.5, 0.6) is 0 Å². The van der Waals surface area contributed by atoms with Crippen molar-refractivity contribution >= 4 is 32.5 Å². The molecule has 0 bridgehead atoms. The topological polar surface area (TPSA) is 118 Å². The van der Waals surface area contributed by atoms with Crippen molar-refractivity contribution in [1.29, 1.82) is 0 Å². The quantitative estimate of drug-likeness (QED) is 0.566.